The summed E-state index contributed by atoms with van der Waals surface area (Å²) in [6.07, 6.45) is 4.35. The van der Waals surface area contributed by atoms with Crippen LogP contribution in [0.4, 0.5) is 0 Å². The molecule has 0 aromatic carbocycles. The SMILES string of the molecule is CC(C)C[C@H](NS(=O)(=O)CCC1CCC1)C(=O)O. The largest absolute Gasteiger partial charge is 0.480 e. The molecule has 2 N–H and O–H groups in total. The molecule has 5 nitrogen and oxygen atoms in total. The molecule has 18 heavy (non-hydrogen) atoms. The van der Waals surface area contributed by atoms with Crippen molar-refractivity contribution in [2.24, 2.45) is 11.8 Å². The van der Waals surface area contributed by atoms with Gasteiger partial charge >= 0.3 is 5.97 Å². The van der Waals surface area contributed by atoms with Crippen molar-refractivity contribution in [3.8, 4) is 0 Å². The van der Waals surface area contributed by atoms with E-state index in [1.54, 1.807) is 0 Å². The molecule has 1 rings (SSSR count). The number of sulfonamides is 1. The van der Waals surface area contributed by atoms with E-state index < -0.39 is 22.0 Å². The van der Waals surface area contributed by atoms with Crippen LogP contribution in [0.25, 0.3) is 0 Å². The fourth-order valence-electron chi connectivity index (χ4n) is 2.05. The lowest BCUT2D eigenvalue weighted by Crippen LogP contribution is -2.42. The van der Waals surface area contributed by atoms with Crippen LogP contribution in [0.5, 0.6) is 0 Å². The third-order valence-corrected chi connectivity index (χ3v) is 4.76. The summed E-state index contributed by atoms with van der Waals surface area (Å²) >= 11 is 0. The Morgan fingerprint density at radius 2 is 2.00 bits per heavy atom. The third kappa shape index (κ3) is 5.35. The molecule has 0 aromatic heterocycles. The van der Waals surface area contributed by atoms with Gasteiger partial charge in [-0.25, -0.2) is 13.1 Å². The number of aliphatic carboxylic acids is 1. The lowest BCUT2D eigenvalue weighted by molar-refractivity contribution is -0.139. The van der Waals surface area contributed by atoms with Crippen molar-refractivity contribution < 1.29 is 18.3 Å². The Bertz CT molecular complexity index is 374. The first kappa shape index (κ1) is 15.4. The standard InChI is InChI=1S/C12H23NO4S/c1-9(2)8-11(12(14)15)13-18(16,17)7-6-10-4-3-5-10/h9-11,13H,3-8H2,1-2H3,(H,14,15)/t11-/m0/s1. The summed E-state index contributed by atoms with van der Waals surface area (Å²) in [7, 11) is -3.47. The number of carbonyl (C=O) groups is 1. The van der Waals surface area contributed by atoms with Gasteiger partial charge in [0.1, 0.15) is 6.04 Å². The molecule has 1 aliphatic rings. The van der Waals surface area contributed by atoms with Crippen LogP contribution < -0.4 is 4.72 Å². The second kappa shape index (κ2) is 6.52. The first-order valence-corrected chi connectivity index (χ1v) is 8.18. The normalized spacial score (nSPS) is 18.6. The van der Waals surface area contributed by atoms with Crippen LogP contribution in [-0.2, 0) is 14.8 Å². The smallest absolute Gasteiger partial charge is 0.321 e. The number of hydrogen-bond acceptors (Lipinski definition) is 3. The van der Waals surface area contributed by atoms with E-state index >= 15 is 0 Å². The van der Waals surface area contributed by atoms with Crippen molar-refractivity contribution in [1.82, 2.24) is 4.72 Å². The minimum atomic E-state index is -3.47. The zero-order valence-electron chi connectivity index (χ0n) is 11.1. The summed E-state index contributed by atoms with van der Waals surface area (Å²) in [6.45, 7) is 3.75. The highest BCUT2D eigenvalue weighted by Crippen LogP contribution is 2.29. The molecule has 106 valence electrons. The molecular weight excluding hydrogens is 254 g/mol. The molecule has 1 saturated carbocycles. The molecule has 1 aliphatic carbocycles. The summed E-state index contributed by atoms with van der Waals surface area (Å²) < 4.78 is 25.9. The molecular formula is C12H23NO4S. The van der Waals surface area contributed by atoms with Crippen LogP contribution in [0.2, 0.25) is 0 Å². The fourth-order valence-corrected chi connectivity index (χ4v) is 3.44. The quantitative estimate of drug-likeness (QED) is 0.706. The number of hydrogen-bond donors (Lipinski definition) is 2. The number of nitrogens with one attached hydrogen (secondary N) is 1. The lowest BCUT2D eigenvalue weighted by atomic mass is 9.84. The molecule has 0 unspecified atom stereocenters. The van der Waals surface area contributed by atoms with E-state index in [9.17, 15) is 13.2 Å². The minimum absolute atomic E-state index is 0.0412. The maximum absolute atomic E-state index is 11.8. The van der Waals surface area contributed by atoms with Gasteiger partial charge in [0.2, 0.25) is 10.0 Å². The summed E-state index contributed by atoms with van der Waals surface area (Å²) in [6, 6.07) is -1.00. The maximum atomic E-state index is 11.8. The maximum Gasteiger partial charge on any atom is 0.321 e. The van der Waals surface area contributed by atoms with Crippen LogP contribution in [0.15, 0.2) is 0 Å². The predicted molar refractivity (Wildman–Crippen MR) is 69.8 cm³/mol. The van der Waals surface area contributed by atoms with Crippen LogP contribution in [0.3, 0.4) is 0 Å². The van der Waals surface area contributed by atoms with Crippen molar-refractivity contribution in [2.45, 2.75) is 52.0 Å². The summed E-state index contributed by atoms with van der Waals surface area (Å²) in [4.78, 5) is 11.0. The van der Waals surface area contributed by atoms with Gasteiger partial charge in [0.25, 0.3) is 0 Å². The molecule has 0 spiro atoms. The van der Waals surface area contributed by atoms with E-state index in [2.05, 4.69) is 4.72 Å². The van der Waals surface area contributed by atoms with Crippen molar-refractivity contribution >= 4 is 16.0 Å². The Morgan fingerprint density at radius 1 is 1.39 bits per heavy atom. The van der Waals surface area contributed by atoms with Crippen LogP contribution >= 0.6 is 0 Å². The highest BCUT2D eigenvalue weighted by atomic mass is 32.2. The van der Waals surface area contributed by atoms with Gasteiger partial charge < -0.3 is 5.11 Å². The Morgan fingerprint density at radius 3 is 2.39 bits per heavy atom. The predicted octanol–water partition coefficient (Wildman–Crippen LogP) is 1.60. The van der Waals surface area contributed by atoms with Crippen molar-refractivity contribution in [2.75, 3.05) is 5.75 Å². The molecule has 0 saturated heterocycles. The van der Waals surface area contributed by atoms with Crippen molar-refractivity contribution in [3.63, 3.8) is 0 Å². The summed E-state index contributed by atoms with van der Waals surface area (Å²) in [5, 5.41) is 8.99. The monoisotopic (exact) mass is 277 g/mol. The van der Waals surface area contributed by atoms with E-state index in [0.717, 1.165) is 12.8 Å². The van der Waals surface area contributed by atoms with Crippen LogP contribution in [0, 0.1) is 11.8 Å². The van der Waals surface area contributed by atoms with Crippen LogP contribution in [-0.4, -0.2) is 31.3 Å². The molecule has 0 aromatic rings. The van der Waals surface area contributed by atoms with Gasteiger partial charge in [0.15, 0.2) is 0 Å². The van der Waals surface area contributed by atoms with Gasteiger partial charge in [0.05, 0.1) is 5.75 Å². The summed E-state index contributed by atoms with van der Waals surface area (Å²) in [5.74, 6) is -0.411. The number of carboxylic acid groups (broad SMARTS) is 1. The molecule has 0 bridgehead atoms. The molecule has 0 radical (unpaired) electrons. The van der Waals surface area contributed by atoms with Crippen molar-refractivity contribution in [1.29, 1.82) is 0 Å². The van der Waals surface area contributed by atoms with E-state index in [-0.39, 0.29) is 11.7 Å². The summed E-state index contributed by atoms with van der Waals surface area (Å²) in [5.41, 5.74) is 0. The average Bonchev–Trinajstić information content (AvgIpc) is 2.12. The second-order valence-electron chi connectivity index (χ2n) is 5.54. The molecule has 0 aliphatic heterocycles. The van der Waals surface area contributed by atoms with E-state index in [1.807, 2.05) is 13.8 Å². The topological polar surface area (TPSA) is 83.5 Å². The highest BCUT2D eigenvalue weighted by molar-refractivity contribution is 7.89. The third-order valence-electron chi connectivity index (χ3n) is 3.35. The Kier molecular flexibility index (Phi) is 5.59. The Balaban J connectivity index is 2.46. The molecule has 1 fully saturated rings. The van der Waals surface area contributed by atoms with Gasteiger partial charge in [-0.05, 0) is 24.7 Å². The zero-order chi connectivity index (χ0) is 13.8. The minimum Gasteiger partial charge on any atom is -0.480 e. The Hall–Kier alpha value is -0.620. The average molecular weight is 277 g/mol. The molecule has 0 amide bonds. The molecule has 1 atom stereocenters. The van der Waals surface area contributed by atoms with E-state index in [4.69, 9.17) is 5.11 Å². The zero-order valence-corrected chi connectivity index (χ0v) is 11.9. The van der Waals surface area contributed by atoms with Crippen LogP contribution in [0.1, 0.15) is 46.0 Å². The molecule has 6 heteroatoms. The van der Waals surface area contributed by atoms with E-state index in [1.165, 1.54) is 6.42 Å². The number of carboxylic acids is 1. The molecule has 0 heterocycles. The number of rotatable bonds is 8. The second-order valence-corrected chi connectivity index (χ2v) is 7.42. The highest BCUT2D eigenvalue weighted by Gasteiger charge is 2.26. The van der Waals surface area contributed by atoms with Gasteiger partial charge in [0, 0.05) is 0 Å². The van der Waals surface area contributed by atoms with Crippen molar-refractivity contribution in [3.05, 3.63) is 0 Å². The first-order chi connectivity index (χ1) is 8.30. The van der Waals surface area contributed by atoms with Gasteiger partial charge in [-0.15, -0.1) is 0 Å². The lowest BCUT2D eigenvalue weighted by Gasteiger charge is -2.25. The Labute approximate surface area is 109 Å². The first-order valence-electron chi connectivity index (χ1n) is 6.53. The van der Waals surface area contributed by atoms with Gasteiger partial charge in [-0.3, -0.25) is 4.79 Å². The van der Waals surface area contributed by atoms with E-state index in [0.29, 0.717) is 18.8 Å². The van der Waals surface area contributed by atoms with Gasteiger partial charge in [-0.2, -0.15) is 0 Å². The van der Waals surface area contributed by atoms with Gasteiger partial charge in [-0.1, -0.05) is 33.1 Å². The fraction of sp³-hybridized carbons (Fsp3) is 0.917.